The van der Waals surface area contributed by atoms with Crippen molar-refractivity contribution in [1.29, 1.82) is 0 Å². The van der Waals surface area contributed by atoms with Crippen LogP contribution in [-0.2, 0) is 10.3 Å². The lowest BCUT2D eigenvalue weighted by molar-refractivity contribution is -0.121. The molecule has 0 saturated carbocycles. The zero-order chi connectivity index (χ0) is 19.7. The number of hydrazine groups is 1. The number of rotatable bonds is 4. The van der Waals surface area contributed by atoms with Crippen molar-refractivity contribution >= 4 is 5.91 Å². The van der Waals surface area contributed by atoms with Gasteiger partial charge in [-0.3, -0.25) is 15.6 Å². The number of carbonyl (C=O) groups excluding carboxylic acids is 1. The van der Waals surface area contributed by atoms with E-state index in [0.717, 1.165) is 44.6 Å². The van der Waals surface area contributed by atoms with E-state index in [1.807, 2.05) is 0 Å². The number of piperidine rings is 1. The summed E-state index contributed by atoms with van der Waals surface area (Å²) in [5.41, 5.74) is 7.57. The van der Waals surface area contributed by atoms with E-state index in [2.05, 4.69) is 41.8 Å². The third kappa shape index (κ3) is 4.68. The van der Waals surface area contributed by atoms with Gasteiger partial charge < -0.3 is 10.2 Å². The van der Waals surface area contributed by atoms with Gasteiger partial charge in [0.1, 0.15) is 5.82 Å². The van der Waals surface area contributed by atoms with E-state index in [1.165, 1.54) is 12.1 Å². The molecule has 2 unspecified atom stereocenters. The third-order valence-electron chi connectivity index (χ3n) is 6.04. The van der Waals surface area contributed by atoms with E-state index >= 15 is 0 Å². The summed E-state index contributed by atoms with van der Waals surface area (Å²) in [5, 5.41) is 3.17. The molecule has 2 aliphatic rings. The van der Waals surface area contributed by atoms with Gasteiger partial charge >= 0.3 is 0 Å². The Balaban J connectivity index is 1.67. The molecule has 1 amide bonds. The second-order valence-corrected chi connectivity index (χ2v) is 9.20. The highest BCUT2D eigenvalue weighted by Crippen LogP contribution is 2.34. The Labute approximate surface area is 162 Å². The van der Waals surface area contributed by atoms with Crippen LogP contribution in [-0.4, -0.2) is 43.0 Å². The van der Waals surface area contributed by atoms with Crippen LogP contribution >= 0.6 is 0 Å². The van der Waals surface area contributed by atoms with Crippen LogP contribution in [0.25, 0.3) is 0 Å². The Morgan fingerprint density at radius 1 is 1.26 bits per heavy atom. The molecule has 5 nitrogen and oxygen atoms in total. The van der Waals surface area contributed by atoms with Crippen LogP contribution in [0.2, 0.25) is 0 Å². The maximum Gasteiger partial charge on any atom is 0.217 e. The largest absolute Gasteiger partial charge is 0.347 e. The van der Waals surface area contributed by atoms with Gasteiger partial charge in [-0.2, -0.15) is 0 Å². The first-order chi connectivity index (χ1) is 12.7. The van der Waals surface area contributed by atoms with E-state index in [9.17, 15) is 9.18 Å². The van der Waals surface area contributed by atoms with Crippen molar-refractivity contribution in [2.75, 3.05) is 26.2 Å². The molecule has 2 saturated heterocycles. The number of likely N-dealkylation sites (tertiary alicyclic amines) is 1. The van der Waals surface area contributed by atoms with Gasteiger partial charge in [0, 0.05) is 45.1 Å². The number of hydrogen-bond donors (Lipinski definition) is 3. The number of halogens is 1. The van der Waals surface area contributed by atoms with Crippen LogP contribution < -0.4 is 16.2 Å². The predicted octanol–water partition coefficient (Wildman–Crippen LogP) is 2.39. The van der Waals surface area contributed by atoms with Crippen molar-refractivity contribution in [3.8, 4) is 0 Å². The molecule has 0 aromatic heterocycles. The van der Waals surface area contributed by atoms with Gasteiger partial charge in [0.15, 0.2) is 0 Å². The summed E-state index contributed by atoms with van der Waals surface area (Å²) in [5.74, 6) is 0.275. The average molecular weight is 377 g/mol. The van der Waals surface area contributed by atoms with Crippen LogP contribution in [0.3, 0.4) is 0 Å². The number of nitrogens with one attached hydrogen (secondary N) is 3. The molecular weight excluding hydrogens is 343 g/mol. The number of carbonyl (C=O) groups is 1. The van der Waals surface area contributed by atoms with Gasteiger partial charge in [-0.1, -0.05) is 32.9 Å². The molecule has 2 aliphatic heterocycles. The van der Waals surface area contributed by atoms with Crippen molar-refractivity contribution < 1.29 is 9.18 Å². The fourth-order valence-electron chi connectivity index (χ4n) is 4.67. The highest BCUT2D eigenvalue weighted by atomic mass is 19.1. The fraction of sp³-hybridized carbons (Fsp3) is 0.667. The Morgan fingerprint density at radius 2 is 1.89 bits per heavy atom. The minimum absolute atomic E-state index is 0.0373. The summed E-state index contributed by atoms with van der Waals surface area (Å²) < 4.78 is 13.4. The Morgan fingerprint density at radius 3 is 2.44 bits per heavy atom. The van der Waals surface area contributed by atoms with Crippen LogP contribution in [0, 0.1) is 17.2 Å². The fourth-order valence-corrected chi connectivity index (χ4v) is 4.67. The van der Waals surface area contributed by atoms with Gasteiger partial charge in [-0.05, 0) is 36.0 Å². The Kier molecular flexibility index (Phi) is 5.89. The molecule has 2 heterocycles. The summed E-state index contributed by atoms with van der Waals surface area (Å²) in [7, 11) is 0. The zero-order valence-electron chi connectivity index (χ0n) is 16.9. The maximum atomic E-state index is 13.4. The standard InChI is InChI=1S/C21H33FN4O/c1-15(27)24-21(17-5-7-18(22)8-6-17)9-11-26(12-10-21)14-16-13-23-25-19(16)20(2,3)4/h5-8,16,19,23,25H,9-14H2,1-4H3,(H,24,27). The molecule has 0 aliphatic carbocycles. The predicted molar refractivity (Wildman–Crippen MR) is 105 cm³/mol. The molecular formula is C21H33FN4O. The van der Waals surface area contributed by atoms with E-state index in [0.29, 0.717) is 12.0 Å². The molecule has 0 radical (unpaired) electrons. The highest BCUT2D eigenvalue weighted by Gasteiger charge is 2.40. The molecule has 2 fully saturated rings. The van der Waals surface area contributed by atoms with E-state index in [4.69, 9.17) is 0 Å². The summed E-state index contributed by atoms with van der Waals surface area (Å²) in [6, 6.07) is 7.02. The van der Waals surface area contributed by atoms with Crippen LogP contribution in [0.15, 0.2) is 24.3 Å². The van der Waals surface area contributed by atoms with E-state index in [-0.39, 0.29) is 17.1 Å². The van der Waals surface area contributed by atoms with Crippen molar-refractivity contribution in [1.82, 2.24) is 21.1 Å². The lowest BCUT2D eigenvalue weighted by Crippen LogP contribution is -2.54. The first kappa shape index (κ1) is 20.2. The van der Waals surface area contributed by atoms with Gasteiger partial charge in [0.25, 0.3) is 0 Å². The quantitative estimate of drug-likeness (QED) is 0.755. The molecule has 0 bridgehead atoms. The molecule has 2 atom stereocenters. The van der Waals surface area contributed by atoms with Crippen LogP contribution in [0.5, 0.6) is 0 Å². The smallest absolute Gasteiger partial charge is 0.217 e. The molecule has 1 aromatic rings. The molecule has 6 heteroatoms. The Bertz CT molecular complexity index is 647. The SMILES string of the molecule is CC(=O)NC1(c2ccc(F)cc2)CCN(CC2CNNC2C(C)(C)C)CC1. The van der Waals surface area contributed by atoms with Gasteiger partial charge in [-0.15, -0.1) is 0 Å². The minimum Gasteiger partial charge on any atom is -0.347 e. The van der Waals surface area contributed by atoms with Crippen molar-refractivity contribution in [2.45, 2.75) is 52.1 Å². The molecule has 27 heavy (non-hydrogen) atoms. The first-order valence-electron chi connectivity index (χ1n) is 9.95. The van der Waals surface area contributed by atoms with Gasteiger partial charge in [-0.25, -0.2) is 4.39 Å². The first-order valence-corrected chi connectivity index (χ1v) is 9.95. The number of nitrogens with zero attached hydrogens (tertiary/aromatic N) is 1. The minimum atomic E-state index is -0.397. The van der Waals surface area contributed by atoms with Gasteiger partial charge in [0.2, 0.25) is 5.91 Å². The van der Waals surface area contributed by atoms with Crippen molar-refractivity contribution in [3.63, 3.8) is 0 Å². The van der Waals surface area contributed by atoms with E-state index < -0.39 is 5.54 Å². The zero-order valence-corrected chi connectivity index (χ0v) is 16.9. The van der Waals surface area contributed by atoms with Gasteiger partial charge in [0.05, 0.1) is 5.54 Å². The van der Waals surface area contributed by atoms with Crippen LogP contribution in [0.1, 0.15) is 46.1 Å². The lowest BCUT2D eigenvalue weighted by Gasteiger charge is -2.44. The second kappa shape index (κ2) is 7.86. The Hall–Kier alpha value is -1.50. The molecule has 150 valence electrons. The van der Waals surface area contributed by atoms with Crippen molar-refractivity contribution in [3.05, 3.63) is 35.6 Å². The molecule has 1 aromatic carbocycles. The normalized spacial score (nSPS) is 26.1. The molecule has 3 rings (SSSR count). The monoisotopic (exact) mass is 376 g/mol. The maximum absolute atomic E-state index is 13.4. The molecule has 0 spiro atoms. The average Bonchev–Trinajstić information content (AvgIpc) is 3.05. The highest BCUT2D eigenvalue weighted by molar-refractivity contribution is 5.74. The van der Waals surface area contributed by atoms with Crippen molar-refractivity contribution in [2.24, 2.45) is 11.3 Å². The topological polar surface area (TPSA) is 56.4 Å². The summed E-state index contributed by atoms with van der Waals surface area (Å²) in [6.07, 6.45) is 1.68. The summed E-state index contributed by atoms with van der Waals surface area (Å²) in [4.78, 5) is 14.4. The van der Waals surface area contributed by atoms with E-state index in [1.54, 1.807) is 19.1 Å². The lowest BCUT2D eigenvalue weighted by atomic mass is 9.78. The number of benzene rings is 1. The van der Waals surface area contributed by atoms with Crippen LogP contribution in [0.4, 0.5) is 4.39 Å². The second-order valence-electron chi connectivity index (χ2n) is 9.20. The molecule has 3 N–H and O–H groups in total. The number of hydrogen-bond acceptors (Lipinski definition) is 4. The third-order valence-corrected chi connectivity index (χ3v) is 6.04. The number of amides is 1. The summed E-state index contributed by atoms with van der Waals surface area (Å²) in [6.45, 7) is 12.2. The summed E-state index contributed by atoms with van der Waals surface area (Å²) >= 11 is 0.